The van der Waals surface area contributed by atoms with Gasteiger partial charge in [0.2, 0.25) is 6.79 Å². The van der Waals surface area contributed by atoms with Crippen LogP contribution in [0.3, 0.4) is 0 Å². The van der Waals surface area contributed by atoms with Crippen LogP contribution in [0.1, 0.15) is 18.9 Å². The Balaban J connectivity index is 1.71. The first-order chi connectivity index (χ1) is 9.13. The molecule has 1 saturated heterocycles. The summed E-state index contributed by atoms with van der Waals surface area (Å²) in [6.45, 7) is 5.05. The minimum absolute atomic E-state index is 0.217. The van der Waals surface area contributed by atoms with E-state index < -0.39 is 0 Å². The van der Waals surface area contributed by atoms with E-state index in [4.69, 9.17) is 9.47 Å². The molecule has 1 fully saturated rings. The fraction of sp³-hybridized carbons (Fsp3) is 0.571. The van der Waals surface area contributed by atoms with Crippen molar-refractivity contribution in [2.45, 2.75) is 26.0 Å². The molecule has 1 aromatic carbocycles. The van der Waals surface area contributed by atoms with Crippen molar-refractivity contribution in [3.05, 3.63) is 22.2 Å². The second-order valence-electron chi connectivity index (χ2n) is 5.32. The van der Waals surface area contributed by atoms with E-state index in [1.807, 2.05) is 19.1 Å². The van der Waals surface area contributed by atoms with Crippen LogP contribution in [0.25, 0.3) is 0 Å². The summed E-state index contributed by atoms with van der Waals surface area (Å²) in [5.74, 6) is 2.02. The third kappa shape index (κ3) is 2.73. The van der Waals surface area contributed by atoms with E-state index in [0.717, 1.165) is 42.0 Å². The lowest BCUT2D eigenvalue weighted by molar-refractivity contribution is 0.127. The first-order valence-corrected chi connectivity index (χ1v) is 7.41. The summed E-state index contributed by atoms with van der Waals surface area (Å²) >= 11 is 3.59. The van der Waals surface area contributed by atoms with Gasteiger partial charge in [-0.2, -0.15) is 0 Å². The maximum atomic E-state index is 9.64. The molecule has 2 heterocycles. The Labute approximate surface area is 121 Å². The van der Waals surface area contributed by atoms with Crippen LogP contribution in [-0.2, 0) is 6.54 Å². The average Bonchev–Trinajstić information content (AvgIpc) is 2.98. The van der Waals surface area contributed by atoms with Gasteiger partial charge in [0.15, 0.2) is 11.5 Å². The number of hydrogen-bond donors (Lipinski definition) is 1. The first kappa shape index (κ1) is 13.2. The van der Waals surface area contributed by atoms with Crippen LogP contribution >= 0.6 is 15.9 Å². The number of benzene rings is 1. The number of aliphatic hydroxyl groups is 1. The van der Waals surface area contributed by atoms with Crippen LogP contribution in [0.5, 0.6) is 11.5 Å². The quantitative estimate of drug-likeness (QED) is 0.925. The zero-order valence-electron chi connectivity index (χ0n) is 10.9. The molecule has 0 bridgehead atoms. The first-order valence-electron chi connectivity index (χ1n) is 6.62. The maximum Gasteiger partial charge on any atom is 0.231 e. The summed E-state index contributed by atoms with van der Waals surface area (Å²) in [4.78, 5) is 2.37. The lowest BCUT2D eigenvalue weighted by atomic mass is 10.0. The minimum atomic E-state index is -0.217. The lowest BCUT2D eigenvalue weighted by Gasteiger charge is -2.18. The third-order valence-electron chi connectivity index (χ3n) is 3.93. The second kappa shape index (κ2) is 5.31. The standard InChI is InChI=1S/C14H18BrNO3/c1-9(17)10-2-3-16(6-10)7-11-4-13-14(5-12(11)15)19-8-18-13/h4-5,9-10,17H,2-3,6-8H2,1H3. The third-order valence-corrected chi connectivity index (χ3v) is 4.66. The van der Waals surface area contributed by atoms with Crippen LogP contribution in [-0.4, -0.2) is 36.0 Å². The van der Waals surface area contributed by atoms with E-state index in [9.17, 15) is 5.11 Å². The number of nitrogens with zero attached hydrogens (tertiary/aromatic N) is 1. The van der Waals surface area contributed by atoms with E-state index in [0.29, 0.717) is 12.7 Å². The van der Waals surface area contributed by atoms with Gasteiger partial charge in [-0.05, 0) is 43.5 Å². The summed E-state index contributed by atoms with van der Waals surface area (Å²) in [6, 6.07) is 4.02. The molecular formula is C14H18BrNO3. The molecule has 1 N–H and O–H groups in total. The van der Waals surface area contributed by atoms with Gasteiger partial charge in [0.05, 0.1) is 6.10 Å². The fourth-order valence-electron chi connectivity index (χ4n) is 2.72. The largest absolute Gasteiger partial charge is 0.454 e. The van der Waals surface area contributed by atoms with E-state index in [-0.39, 0.29) is 6.10 Å². The van der Waals surface area contributed by atoms with Gasteiger partial charge in [0.25, 0.3) is 0 Å². The van der Waals surface area contributed by atoms with E-state index in [1.54, 1.807) is 0 Å². The molecule has 2 unspecified atom stereocenters. The van der Waals surface area contributed by atoms with Gasteiger partial charge in [-0.15, -0.1) is 0 Å². The molecule has 3 rings (SSSR count). The molecule has 104 valence electrons. The molecule has 5 heteroatoms. The Hall–Kier alpha value is -0.780. The molecule has 2 aliphatic heterocycles. The normalized spacial score (nSPS) is 23.8. The molecule has 0 aromatic heterocycles. The van der Waals surface area contributed by atoms with Crippen LogP contribution in [0.15, 0.2) is 16.6 Å². The summed E-state index contributed by atoms with van der Waals surface area (Å²) in [5, 5.41) is 9.64. The highest BCUT2D eigenvalue weighted by atomic mass is 79.9. The van der Waals surface area contributed by atoms with E-state index in [1.165, 1.54) is 5.56 Å². The SMILES string of the molecule is CC(O)C1CCN(Cc2cc3c(cc2Br)OCO3)C1. The van der Waals surface area contributed by atoms with Crippen molar-refractivity contribution >= 4 is 15.9 Å². The van der Waals surface area contributed by atoms with Gasteiger partial charge >= 0.3 is 0 Å². The highest BCUT2D eigenvalue weighted by molar-refractivity contribution is 9.10. The van der Waals surface area contributed by atoms with Crippen molar-refractivity contribution in [2.75, 3.05) is 19.9 Å². The molecule has 19 heavy (non-hydrogen) atoms. The zero-order chi connectivity index (χ0) is 13.4. The Morgan fingerprint density at radius 2 is 2.16 bits per heavy atom. The number of hydrogen-bond acceptors (Lipinski definition) is 4. The molecule has 0 amide bonds. The molecule has 4 nitrogen and oxygen atoms in total. The predicted molar refractivity (Wildman–Crippen MR) is 75.3 cm³/mol. The van der Waals surface area contributed by atoms with Gasteiger partial charge in [0.1, 0.15) is 0 Å². The van der Waals surface area contributed by atoms with E-state index >= 15 is 0 Å². The maximum absolute atomic E-state index is 9.64. The highest BCUT2D eigenvalue weighted by Crippen LogP contribution is 2.37. The molecule has 0 spiro atoms. The number of ether oxygens (including phenoxy) is 2. The molecular weight excluding hydrogens is 310 g/mol. The van der Waals surface area contributed by atoms with E-state index in [2.05, 4.69) is 20.8 Å². The van der Waals surface area contributed by atoms with Crippen LogP contribution in [0.2, 0.25) is 0 Å². The average molecular weight is 328 g/mol. The predicted octanol–water partition coefficient (Wildman–Crippen LogP) is 2.38. The summed E-state index contributed by atoms with van der Waals surface area (Å²) in [6.07, 6.45) is 0.852. The van der Waals surface area contributed by atoms with Crippen molar-refractivity contribution in [2.24, 2.45) is 5.92 Å². The van der Waals surface area contributed by atoms with Crippen molar-refractivity contribution in [1.82, 2.24) is 4.90 Å². The van der Waals surface area contributed by atoms with Crippen molar-refractivity contribution in [3.63, 3.8) is 0 Å². The zero-order valence-corrected chi connectivity index (χ0v) is 12.5. The summed E-state index contributed by atoms with van der Waals surface area (Å²) < 4.78 is 11.8. The molecule has 0 aliphatic carbocycles. The number of fused-ring (bicyclic) bond motifs is 1. The monoisotopic (exact) mass is 327 g/mol. The molecule has 1 aromatic rings. The fourth-order valence-corrected chi connectivity index (χ4v) is 3.17. The summed E-state index contributed by atoms with van der Waals surface area (Å²) in [5.41, 5.74) is 1.20. The number of aliphatic hydroxyl groups excluding tert-OH is 1. The van der Waals surface area contributed by atoms with Gasteiger partial charge in [0, 0.05) is 17.6 Å². The topological polar surface area (TPSA) is 41.9 Å². The van der Waals surface area contributed by atoms with Gasteiger partial charge in [-0.3, -0.25) is 4.90 Å². The Morgan fingerprint density at radius 3 is 2.84 bits per heavy atom. The molecule has 2 aliphatic rings. The smallest absolute Gasteiger partial charge is 0.231 e. The van der Waals surface area contributed by atoms with Gasteiger partial charge < -0.3 is 14.6 Å². The van der Waals surface area contributed by atoms with Crippen molar-refractivity contribution < 1.29 is 14.6 Å². The summed E-state index contributed by atoms with van der Waals surface area (Å²) in [7, 11) is 0. The highest BCUT2D eigenvalue weighted by Gasteiger charge is 2.26. The Bertz CT molecular complexity index is 478. The van der Waals surface area contributed by atoms with Gasteiger partial charge in [-0.1, -0.05) is 15.9 Å². The van der Waals surface area contributed by atoms with Crippen molar-refractivity contribution in [3.8, 4) is 11.5 Å². The second-order valence-corrected chi connectivity index (χ2v) is 6.18. The molecule has 2 atom stereocenters. The van der Waals surface area contributed by atoms with Crippen LogP contribution in [0, 0.1) is 5.92 Å². The van der Waals surface area contributed by atoms with Crippen LogP contribution < -0.4 is 9.47 Å². The number of likely N-dealkylation sites (tertiary alicyclic amines) is 1. The number of rotatable bonds is 3. The van der Waals surface area contributed by atoms with Crippen molar-refractivity contribution in [1.29, 1.82) is 0 Å². The molecule has 0 saturated carbocycles. The minimum Gasteiger partial charge on any atom is -0.454 e. The van der Waals surface area contributed by atoms with Gasteiger partial charge in [-0.25, -0.2) is 0 Å². The Morgan fingerprint density at radius 1 is 1.42 bits per heavy atom. The lowest BCUT2D eigenvalue weighted by Crippen LogP contribution is -2.24. The van der Waals surface area contributed by atoms with Crippen LogP contribution in [0.4, 0.5) is 0 Å². The number of halogens is 1. The Kier molecular flexibility index (Phi) is 3.69. The molecule has 0 radical (unpaired) electrons.